The van der Waals surface area contributed by atoms with Crippen LogP contribution >= 0.6 is 11.3 Å². The van der Waals surface area contributed by atoms with Crippen molar-refractivity contribution < 1.29 is 19.4 Å². The van der Waals surface area contributed by atoms with Crippen molar-refractivity contribution in [1.29, 1.82) is 0 Å². The summed E-state index contributed by atoms with van der Waals surface area (Å²) in [4.78, 5) is 26.3. The predicted molar refractivity (Wildman–Crippen MR) is 73.1 cm³/mol. The van der Waals surface area contributed by atoms with Gasteiger partial charge in [-0.05, 0) is 19.1 Å². The van der Waals surface area contributed by atoms with E-state index >= 15 is 0 Å². The van der Waals surface area contributed by atoms with Crippen LogP contribution in [0.1, 0.15) is 28.5 Å². The quantitative estimate of drug-likeness (QED) is 0.904. The molecule has 20 heavy (non-hydrogen) atoms. The topological polar surface area (TPSA) is 88.5 Å². The Kier molecular flexibility index (Phi) is 4.31. The number of carbonyl (C=O) groups excluding carboxylic acids is 1. The van der Waals surface area contributed by atoms with E-state index in [1.165, 1.54) is 16.7 Å². The van der Waals surface area contributed by atoms with Gasteiger partial charge in [-0.3, -0.25) is 0 Å². The van der Waals surface area contributed by atoms with Gasteiger partial charge in [0.25, 0.3) is 0 Å². The van der Waals surface area contributed by atoms with Gasteiger partial charge >= 0.3 is 12.1 Å². The average Bonchev–Trinajstić information content (AvgIpc) is 2.89. The fourth-order valence-corrected chi connectivity index (χ4v) is 2.25. The molecule has 0 aliphatic carbocycles. The first-order valence-electron chi connectivity index (χ1n) is 5.78. The van der Waals surface area contributed by atoms with E-state index in [1.54, 1.807) is 31.2 Å². The minimum Gasteiger partial charge on any atom is -0.476 e. The molecule has 0 saturated carbocycles. The number of carboxylic acid groups (broad SMARTS) is 1. The number of carboxylic acids is 1. The summed E-state index contributed by atoms with van der Waals surface area (Å²) in [5.41, 5.74) is -0.0323. The summed E-state index contributed by atoms with van der Waals surface area (Å²) in [6, 6.07) is 8.23. The third-order valence-corrected chi connectivity index (χ3v) is 3.43. The Morgan fingerprint density at radius 1 is 1.35 bits per heavy atom. The minimum atomic E-state index is -1.09. The Labute approximate surface area is 119 Å². The molecule has 7 heteroatoms. The highest BCUT2D eigenvalue weighted by atomic mass is 32.1. The summed E-state index contributed by atoms with van der Waals surface area (Å²) in [6.07, 6.45) is -0.615. The van der Waals surface area contributed by atoms with E-state index in [0.717, 1.165) is 0 Å². The number of aromatic nitrogens is 1. The molecular formula is C13H12N2O4S. The molecule has 0 radical (unpaired) electrons. The molecule has 1 heterocycles. The maximum atomic E-state index is 11.7. The monoisotopic (exact) mass is 292 g/mol. The van der Waals surface area contributed by atoms with Gasteiger partial charge < -0.3 is 15.2 Å². The second-order valence-electron chi connectivity index (χ2n) is 3.94. The number of hydrogen-bond donors (Lipinski definition) is 2. The highest BCUT2D eigenvalue weighted by molar-refractivity contribution is 7.09. The number of thiazole rings is 1. The largest absolute Gasteiger partial charge is 0.476 e. The minimum absolute atomic E-state index is 0.0323. The van der Waals surface area contributed by atoms with Crippen LogP contribution in [-0.2, 0) is 0 Å². The first kappa shape index (κ1) is 14.0. The predicted octanol–water partition coefficient (Wildman–Crippen LogP) is 2.69. The summed E-state index contributed by atoms with van der Waals surface area (Å²) < 4.78 is 5.07. The standard InChI is InChI=1S/C13H12N2O4S/c1-8(11-15-10(7-20-11)12(16)17)14-13(18)19-9-5-3-2-4-6-9/h2-8H,1H3,(H,14,18)(H,16,17). The molecule has 1 atom stereocenters. The number of ether oxygens (including phenoxy) is 1. The third kappa shape index (κ3) is 3.55. The van der Waals surface area contributed by atoms with Crippen molar-refractivity contribution in [2.24, 2.45) is 0 Å². The summed E-state index contributed by atoms with van der Waals surface area (Å²) in [7, 11) is 0. The van der Waals surface area contributed by atoms with Crippen molar-refractivity contribution in [3.8, 4) is 5.75 Å². The summed E-state index contributed by atoms with van der Waals surface area (Å²) in [5, 5.41) is 13.3. The number of nitrogens with zero attached hydrogens (tertiary/aromatic N) is 1. The Bertz CT molecular complexity index is 612. The highest BCUT2D eigenvalue weighted by Crippen LogP contribution is 2.18. The number of hydrogen-bond acceptors (Lipinski definition) is 5. The molecule has 0 fully saturated rings. The molecule has 0 aliphatic heterocycles. The number of carbonyl (C=O) groups is 2. The second-order valence-corrected chi connectivity index (χ2v) is 4.83. The van der Waals surface area contributed by atoms with Crippen LogP contribution in [0.25, 0.3) is 0 Å². The van der Waals surface area contributed by atoms with Crippen LogP contribution < -0.4 is 10.1 Å². The van der Waals surface area contributed by atoms with E-state index in [1.807, 2.05) is 6.07 Å². The van der Waals surface area contributed by atoms with E-state index in [-0.39, 0.29) is 5.69 Å². The Hall–Kier alpha value is -2.41. The fourth-order valence-electron chi connectivity index (χ4n) is 1.45. The van der Waals surface area contributed by atoms with Gasteiger partial charge in [0, 0.05) is 5.38 Å². The zero-order chi connectivity index (χ0) is 14.5. The molecule has 0 bridgehead atoms. The lowest BCUT2D eigenvalue weighted by Gasteiger charge is -2.11. The molecule has 2 N–H and O–H groups in total. The zero-order valence-corrected chi connectivity index (χ0v) is 11.4. The van der Waals surface area contributed by atoms with Crippen molar-refractivity contribution in [1.82, 2.24) is 10.3 Å². The maximum absolute atomic E-state index is 11.7. The highest BCUT2D eigenvalue weighted by Gasteiger charge is 2.16. The summed E-state index contributed by atoms with van der Waals surface area (Å²) >= 11 is 1.17. The number of amides is 1. The van der Waals surface area contributed by atoms with Crippen LogP contribution in [0.3, 0.4) is 0 Å². The zero-order valence-electron chi connectivity index (χ0n) is 10.6. The van der Waals surface area contributed by atoms with Crippen LogP contribution in [0.15, 0.2) is 35.7 Å². The SMILES string of the molecule is CC(NC(=O)Oc1ccccc1)c1nc(C(=O)O)cs1. The summed E-state index contributed by atoms with van der Waals surface area (Å²) in [5.74, 6) is -0.658. The van der Waals surface area contributed by atoms with E-state index < -0.39 is 18.1 Å². The van der Waals surface area contributed by atoms with Crippen molar-refractivity contribution in [2.75, 3.05) is 0 Å². The van der Waals surface area contributed by atoms with Gasteiger partial charge in [-0.15, -0.1) is 11.3 Å². The smallest absolute Gasteiger partial charge is 0.413 e. The third-order valence-electron chi connectivity index (χ3n) is 2.40. The molecule has 2 aromatic rings. The molecule has 1 aromatic carbocycles. The molecule has 0 saturated heterocycles. The Balaban J connectivity index is 1.95. The molecule has 0 aliphatic rings. The van der Waals surface area contributed by atoms with Crippen molar-refractivity contribution >= 4 is 23.4 Å². The normalized spacial score (nSPS) is 11.7. The Morgan fingerprint density at radius 3 is 2.65 bits per heavy atom. The number of aromatic carboxylic acids is 1. The average molecular weight is 292 g/mol. The number of para-hydroxylation sites is 1. The van der Waals surface area contributed by atoms with Gasteiger partial charge in [0.1, 0.15) is 10.8 Å². The van der Waals surface area contributed by atoms with Gasteiger partial charge in [0.05, 0.1) is 6.04 Å². The molecule has 1 amide bonds. The lowest BCUT2D eigenvalue weighted by atomic mass is 10.3. The van der Waals surface area contributed by atoms with E-state index in [2.05, 4.69) is 10.3 Å². The molecule has 1 unspecified atom stereocenters. The van der Waals surface area contributed by atoms with E-state index in [0.29, 0.717) is 10.8 Å². The van der Waals surface area contributed by atoms with Crippen LogP contribution in [0, 0.1) is 0 Å². The van der Waals surface area contributed by atoms with Crippen molar-refractivity contribution in [2.45, 2.75) is 13.0 Å². The molecule has 6 nitrogen and oxygen atoms in total. The van der Waals surface area contributed by atoms with Crippen LogP contribution in [0.4, 0.5) is 4.79 Å². The van der Waals surface area contributed by atoms with Gasteiger partial charge in [0.15, 0.2) is 5.69 Å². The first-order chi connectivity index (χ1) is 9.56. The maximum Gasteiger partial charge on any atom is 0.413 e. The lowest BCUT2D eigenvalue weighted by molar-refractivity contribution is 0.0691. The molecule has 1 aromatic heterocycles. The van der Waals surface area contributed by atoms with E-state index in [9.17, 15) is 9.59 Å². The number of nitrogens with one attached hydrogen (secondary N) is 1. The van der Waals surface area contributed by atoms with Gasteiger partial charge in [-0.2, -0.15) is 0 Å². The molecule has 0 spiro atoms. The van der Waals surface area contributed by atoms with Gasteiger partial charge in [-0.1, -0.05) is 18.2 Å². The van der Waals surface area contributed by atoms with Crippen LogP contribution in [0.5, 0.6) is 5.75 Å². The number of benzene rings is 1. The first-order valence-corrected chi connectivity index (χ1v) is 6.66. The van der Waals surface area contributed by atoms with Gasteiger partial charge in [-0.25, -0.2) is 14.6 Å². The second kappa shape index (κ2) is 6.16. The van der Waals surface area contributed by atoms with Crippen molar-refractivity contribution in [3.05, 3.63) is 46.4 Å². The van der Waals surface area contributed by atoms with Gasteiger partial charge in [0.2, 0.25) is 0 Å². The Morgan fingerprint density at radius 2 is 2.05 bits per heavy atom. The van der Waals surface area contributed by atoms with Crippen molar-refractivity contribution in [3.63, 3.8) is 0 Å². The number of rotatable bonds is 4. The summed E-state index contributed by atoms with van der Waals surface area (Å²) in [6.45, 7) is 1.71. The molecular weight excluding hydrogens is 280 g/mol. The lowest BCUT2D eigenvalue weighted by Crippen LogP contribution is -2.29. The fraction of sp³-hybridized carbons (Fsp3) is 0.154. The molecule has 2 rings (SSSR count). The van der Waals surface area contributed by atoms with Crippen LogP contribution in [-0.4, -0.2) is 22.2 Å². The van der Waals surface area contributed by atoms with E-state index in [4.69, 9.17) is 9.84 Å². The molecule has 104 valence electrons. The van der Waals surface area contributed by atoms with Crippen LogP contribution in [0.2, 0.25) is 0 Å².